The summed E-state index contributed by atoms with van der Waals surface area (Å²) in [5, 5.41) is 3.12. The molecule has 7 nitrogen and oxygen atoms in total. The van der Waals surface area contributed by atoms with Gasteiger partial charge in [-0.1, -0.05) is 42.1 Å². The van der Waals surface area contributed by atoms with Crippen LogP contribution in [0.3, 0.4) is 0 Å². The Kier molecular flexibility index (Phi) is 8.02. The van der Waals surface area contributed by atoms with E-state index in [0.717, 1.165) is 30.3 Å². The Bertz CT molecular complexity index is 825. The van der Waals surface area contributed by atoms with Gasteiger partial charge in [0.05, 0.1) is 12.5 Å². The molecule has 2 fully saturated rings. The molecule has 2 amide bonds. The first kappa shape index (κ1) is 23.6. The summed E-state index contributed by atoms with van der Waals surface area (Å²) in [6.07, 6.45) is 2.56. The molecule has 2 unspecified atom stereocenters. The smallest absolute Gasteiger partial charge is 0.366 e. The highest BCUT2D eigenvalue weighted by Gasteiger charge is 2.60. The summed E-state index contributed by atoms with van der Waals surface area (Å²) in [5.41, 5.74) is 0.855. The third-order valence-electron chi connectivity index (χ3n) is 6.12. The van der Waals surface area contributed by atoms with Crippen LogP contribution in [0.4, 0.5) is 0 Å². The Hall–Kier alpha value is -2.03. The molecule has 2 heterocycles. The van der Waals surface area contributed by atoms with Gasteiger partial charge in [0, 0.05) is 25.5 Å². The highest BCUT2D eigenvalue weighted by atomic mass is 32.2. The molecule has 1 aromatic carbocycles. The van der Waals surface area contributed by atoms with Crippen molar-refractivity contribution in [1.82, 2.24) is 5.32 Å². The normalized spacial score (nSPS) is 26.4. The number of benzene rings is 1. The summed E-state index contributed by atoms with van der Waals surface area (Å²) < 4.78 is 5.07. The van der Waals surface area contributed by atoms with Gasteiger partial charge >= 0.3 is 17.8 Å². The third-order valence-corrected chi connectivity index (χ3v) is 7.19. The molecule has 0 aliphatic carbocycles. The van der Waals surface area contributed by atoms with Gasteiger partial charge in [0.15, 0.2) is 5.12 Å². The minimum atomic E-state index is -0.837. The second-order valence-electron chi connectivity index (χ2n) is 8.37. The number of nitrogens with zero attached hydrogens (tertiary/aromatic N) is 1. The first-order chi connectivity index (χ1) is 14.9. The molecule has 1 N–H and O–H groups in total. The minimum Gasteiger partial charge on any atom is -0.456 e. The van der Waals surface area contributed by atoms with Crippen LogP contribution in [-0.2, 0) is 30.5 Å². The average molecular weight is 448 g/mol. The van der Waals surface area contributed by atoms with E-state index < -0.39 is 28.5 Å². The summed E-state index contributed by atoms with van der Waals surface area (Å²) in [6, 6.07) is 8.08. The summed E-state index contributed by atoms with van der Waals surface area (Å²) in [7, 11) is 0. The predicted octanol–water partition coefficient (Wildman–Crippen LogP) is 2.43. The number of imide groups is 1. The average Bonchev–Trinajstić information content (AvgIpc) is 3.46. The molecule has 0 radical (unpaired) electrons. The maximum Gasteiger partial charge on any atom is 0.366 e. The minimum absolute atomic E-state index is 0.0739. The molecule has 3 rings (SSSR count). The van der Waals surface area contributed by atoms with Crippen LogP contribution < -0.4 is 5.32 Å². The number of esters is 1. The number of thioether (sulfide) groups is 1. The SMILES string of the molecule is CC(=O)SCC(C)C(=O)[N+]1(C(=O)[C@@H]2CCCN2)CCC[C@H]1C(=O)OCc1ccccc1. The van der Waals surface area contributed by atoms with Gasteiger partial charge in [-0.15, -0.1) is 0 Å². The number of ether oxygens (including phenoxy) is 1. The molecular weight excluding hydrogens is 416 g/mol. The highest BCUT2D eigenvalue weighted by Crippen LogP contribution is 2.34. The second-order valence-corrected chi connectivity index (χ2v) is 9.57. The van der Waals surface area contributed by atoms with Crippen LogP contribution in [0, 0.1) is 5.92 Å². The Balaban J connectivity index is 1.84. The largest absolute Gasteiger partial charge is 0.456 e. The van der Waals surface area contributed by atoms with E-state index in [0.29, 0.717) is 31.6 Å². The van der Waals surface area contributed by atoms with E-state index in [9.17, 15) is 19.2 Å². The fraction of sp³-hybridized carbons (Fsp3) is 0.565. The van der Waals surface area contributed by atoms with Crippen molar-refractivity contribution in [3.63, 3.8) is 0 Å². The molecule has 0 aromatic heterocycles. The quantitative estimate of drug-likeness (QED) is 0.507. The van der Waals surface area contributed by atoms with Crippen LogP contribution in [0.5, 0.6) is 0 Å². The van der Waals surface area contributed by atoms with Crippen molar-refractivity contribution < 1.29 is 28.4 Å². The molecule has 1 aromatic rings. The first-order valence-electron chi connectivity index (χ1n) is 10.9. The third kappa shape index (κ3) is 5.25. The van der Waals surface area contributed by atoms with Gasteiger partial charge in [0.25, 0.3) is 0 Å². The number of nitrogens with one attached hydrogen (secondary N) is 1. The summed E-state index contributed by atoms with van der Waals surface area (Å²) in [6.45, 7) is 4.33. The van der Waals surface area contributed by atoms with Gasteiger partial charge in [-0.25, -0.2) is 14.4 Å². The van der Waals surface area contributed by atoms with Crippen LogP contribution in [0.15, 0.2) is 30.3 Å². The van der Waals surface area contributed by atoms with E-state index in [2.05, 4.69) is 5.32 Å². The fourth-order valence-corrected chi connectivity index (χ4v) is 5.18. The molecule has 168 valence electrons. The van der Waals surface area contributed by atoms with E-state index in [1.807, 2.05) is 30.3 Å². The van der Waals surface area contributed by atoms with Gasteiger partial charge in [0.2, 0.25) is 6.04 Å². The summed E-state index contributed by atoms with van der Waals surface area (Å²) in [4.78, 5) is 51.8. The number of carbonyl (C=O) groups is 4. The lowest BCUT2D eigenvalue weighted by atomic mass is 10.0. The van der Waals surface area contributed by atoms with Crippen molar-refractivity contribution in [2.24, 2.45) is 5.92 Å². The lowest BCUT2D eigenvalue weighted by molar-refractivity contribution is -0.785. The molecule has 8 heteroatoms. The number of hydrogen-bond donors (Lipinski definition) is 1. The molecular formula is C23H31N2O5S+. The lowest BCUT2D eigenvalue weighted by Crippen LogP contribution is -2.67. The number of quaternary nitrogens is 1. The van der Waals surface area contributed by atoms with Crippen LogP contribution in [0.1, 0.15) is 45.1 Å². The zero-order chi connectivity index (χ0) is 22.4. The zero-order valence-corrected chi connectivity index (χ0v) is 19.0. The van der Waals surface area contributed by atoms with Gasteiger partial charge in [0.1, 0.15) is 12.6 Å². The van der Waals surface area contributed by atoms with Gasteiger partial charge in [-0.3, -0.25) is 4.79 Å². The maximum atomic E-state index is 13.7. The van der Waals surface area contributed by atoms with Gasteiger partial charge < -0.3 is 10.1 Å². The van der Waals surface area contributed by atoms with Gasteiger partial charge in [-0.2, -0.15) is 4.48 Å². The summed E-state index contributed by atoms with van der Waals surface area (Å²) in [5.74, 6) is -1.26. The number of rotatable bonds is 7. The van der Waals surface area contributed by atoms with Crippen molar-refractivity contribution in [2.45, 2.75) is 58.2 Å². The van der Waals surface area contributed by atoms with Crippen LogP contribution in [0.2, 0.25) is 0 Å². The Labute approximate surface area is 187 Å². The van der Waals surface area contributed by atoms with Crippen LogP contribution in [0.25, 0.3) is 0 Å². The number of amides is 2. The highest BCUT2D eigenvalue weighted by molar-refractivity contribution is 8.13. The molecule has 0 bridgehead atoms. The number of hydrogen-bond acceptors (Lipinski definition) is 7. The second kappa shape index (κ2) is 10.5. The summed E-state index contributed by atoms with van der Waals surface area (Å²) >= 11 is 1.07. The predicted molar refractivity (Wildman–Crippen MR) is 118 cm³/mol. The number of likely N-dealkylation sites (tertiary alicyclic amines) is 1. The Morgan fingerprint density at radius 2 is 1.90 bits per heavy atom. The van der Waals surface area contributed by atoms with E-state index in [1.165, 1.54) is 6.92 Å². The monoisotopic (exact) mass is 447 g/mol. The van der Waals surface area contributed by atoms with E-state index in [-0.39, 0.29) is 23.5 Å². The Morgan fingerprint density at radius 1 is 1.16 bits per heavy atom. The van der Waals surface area contributed by atoms with Crippen molar-refractivity contribution in [1.29, 1.82) is 0 Å². The van der Waals surface area contributed by atoms with Crippen LogP contribution in [-0.4, -0.2) is 58.3 Å². The van der Waals surface area contributed by atoms with Crippen molar-refractivity contribution in [3.8, 4) is 0 Å². The number of carbonyl (C=O) groups excluding carboxylic acids is 4. The molecule has 0 saturated carbocycles. The molecule has 2 saturated heterocycles. The zero-order valence-electron chi connectivity index (χ0n) is 18.2. The molecule has 4 atom stereocenters. The Morgan fingerprint density at radius 3 is 2.55 bits per heavy atom. The molecule has 0 spiro atoms. The molecule has 31 heavy (non-hydrogen) atoms. The maximum absolute atomic E-state index is 13.7. The standard InChI is InChI=1S/C23H31N2O5S/c1-16(15-31-17(2)26)21(27)25(22(28)19-10-6-12-24-19)13-7-11-20(25)23(29)30-14-18-8-4-3-5-9-18/h3-5,8-9,16,19-20,24H,6-7,10-15H2,1-2H3/q+1/t16?,19-,20-,25?/m0/s1. The fourth-order valence-electron chi connectivity index (χ4n) is 4.55. The van der Waals surface area contributed by atoms with Crippen molar-refractivity contribution in [3.05, 3.63) is 35.9 Å². The van der Waals surface area contributed by atoms with Crippen molar-refractivity contribution >= 4 is 34.7 Å². The van der Waals surface area contributed by atoms with E-state index in [1.54, 1.807) is 6.92 Å². The molecule has 2 aliphatic rings. The molecule has 2 aliphatic heterocycles. The van der Waals surface area contributed by atoms with Gasteiger partial charge in [-0.05, 0) is 31.9 Å². The van der Waals surface area contributed by atoms with E-state index in [4.69, 9.17) is 4.74 Å². The van der Waals surface area contributed by atoms with Crippen LogP contribution >= 0.6 is 11.8 Å². The van der Waals surface area contributed by atoms with Crippen molar-refractivity contribution in [2.75, 3.05) is 18.8 Å². The topological polar surface area (TPSA) is 89.5 Å². The lowest BCUT2D eigenvalue weighted by Gasteiger charge is -2.36. The van der Waals surface area contributed by atoms with E-state index >= 15 is 0 Å². The first-order valence-corrected chi connectivity index (χ1v) is 11.9.